The first-order chi connectivity index (χ1) is 9.47. The van der Waals surface area contributed by atoms with E-state index in [1.807, 2.05) is 31.2 Å². The Morgan fingerprint density at radius 1 is 1.35 bits per heavy atom. The third-order valence-electron chi connectivity index (χ3n) is 3.31. The first-order valence-electron chi connectivity index (χ1n) is 6.75. The molecule has 0 spiro atoms. The number of nitrogens with zero attached hydrogens (tertiary/aromatic N) is 1. The van der Waals surface area contributed by atoms with Crippen LogP contribution in [0.2, 0.25) is 0 Å². The normalized spacial score (nSPS) is 23.9. The van der Waals surface area contributed by atoms with Crippen molar-refractivity contribution in [3.63, 3.8) is 0 Å². The number of amides is 1. The molecule has 1 aromatic rings. The van der Waals surface area contributed by atoms with Crippen LogP contribution in [0.1, 0.15) is 26.3 Å². The number of rotatable bonds is 4. The highest BCUT2D eigenvalue weighted by molar-refractivity contribution is 6.09. The molecule has 1 fully saturated rings. The summed E-state index contributed by atoms with van der Waals surface area (Å²) in [6.07, 6.45) is 0. The first kappa shape index (κ1) is 14.4. The van der Waals surface area contributed by atoms with Gasteiger partial charge in [-0.3, -0.25) is 15.1 Å². The van der Waals surface area contributed by atoms with Crippen molar-refractivity contribution in [3.05, 3.63) is 29.8 Å². The topological polar surface area (TPSA) is 62.7 Å². The number of carbonyl (C=O) groups excluding carboxylic acids is 1. The number of methoxy groups -OCH3 is 1. The molecule has 108 valence electrons. The SMILES string of the molecule is COc1ccccc1C1(C)NC(=NCC(C)C)NC1=O. The quantitative estimate of drug-likeness (QED) is 0.878. The van der Waals surface area contributed by atoms with Crippen LogP contribution in [-0.4, -0.2) is 25.5 Å². The average Bonchev–Trinajstić information content (AvgIpc) is 2.73. The Kier molecular flexibility index (Phi) is 3.97. The number of carbonyl (C=O) groups is 1. The smallest absolute Gasteiger partial charge is 0.256 e. The molecule has 0 aliphatic carbocycles. The summed E-state index contributed by atoms with van der Waals surface area (Å²) in [7, 11) is 1.60. The maximum absolute atomic E-state index is 12.3. The minimum Gasteiger partial charge on any atom is -0.496 e. The van der Waals surface area contributed by atoms with E-state index in [1.54, 1.807) is 7.11 Å². The van der Waals surface area contributed by atoms with Crippen molar-refractivity contribution in [2.75, 3.05) is 13.7 Å². The van der Waals surface area contributed by atoms with Crippen LogP contribution in [0.5, 0.6) is 5.75 Å². The van der Waals surface area contributed by atoms with Crippen LogP contribution in [0.4, 0.5) is 0 Å². The maximum Gasteiger partial charge on any atom is 0.256 e. The lowest BCUT2D eigenvalue weighted by Crippen LogP contribution is -2.41. The van der Waals surface area contributed by atoms with E-state index in [0.29, 0.717) is 24.2 Å². The van der Waals surface area contributed by atoms with Gasteiger partial charge in [-0.1, -0.05) is 32.0 Å². The Bertz CT molecular complexity index is 540. The van der Waals surface area contributed by atoms with Crippen molar-refractivity contribution in [2.24, 2.45) is 10.9 Å². The molecule has 2 rings (SSSR count). The molecule has 2 N–H and O–H groups in total. The summed E-state index contributed by atoms with van der Waals surface area (Å²) in [4.78, 5) is 16.7. The maximum atomic E-state index is 12.3. The molecule has 0 radical (unpaired) electrons. The minimum absolute atomic E-state index is 0.121. The largest absolute Gasteiger partial charge is 0.496 e. The monoisotopic (exact) mass is 275 g/mol. The minimum atomic E-state index is -0.859. The second kappa shape index (κ2) is 5.53. The number of guanidine groups is 1. The van der Waals surface area contributed by atoms with Crippen molar-refractivity contribution in [1.82, 2.24) is 10.6 Å². The highest BCUT2D eigenvalue weighted by atomic mass is 16.5. The second-order valence-corrected chi connectivity index (χ2v) is 5.49. The fraction of sp³-hybridized carbons (Fsp3) is 0.467. The third kappa shape index (κ3) is 2.61. The van der Waals surface area contributed by atoms with Gasteiger partial charge in [-0.25, -0.2) is 0 Å². The molecule has 5 heteroatoms. The summed E-state index contributed by atoms with van der Waals surface area (Å²) in [5, 5.41) is 5.97. The molecule has 1 heterocycles. The summed E-state index contributed by atoms with van der Waals surface area (Å²) in [5.41, 5.74) is -0.0580. The van der Waals surface area contributed by atoms with E-state index in [-0.39, 0.29) is 5.91 Å². The molecule has 0 aromatic heterocycles. The van der Waals surface area contributed by atoms with Gasteiger partial charge in [0.1, 0.15) is 11.3 Å². The number of para-hydroxylation sites is 1. The molecule has 0 saturated carbocycles. The van der Waals surface area contributed by atoms with Gasteiger partial charge < -0.3 is 10.1 Å². The van der Waals surface area contributed by atoms with Crippen LogP contribution in [-0.2, 0) is 10.3 Å². The molecule has 5 nitrogen and oxygen atoms in total. The summed E-state index contributed by atoms with van der Waals surface area (Å²) in [5.74, 6) is 1.53. The Balaban J connectivity index is 2.31. The number of aliphatic imine (C=N–C) groups is 1. The third-order valence-corrected chi connectivity index (χ3v) is 3.31. The van der Waals surface area contributed by atoms with Gasteiger partial charge in [-0.2, -0.15) is 0 Å². The van der Waals surface area contributed by atoms with Crippen molar-refractivity contribution in [1.29, 1.82) is 0 Å². The zero-order valence-electron chi connectivity index (χ0n) is 12.4. The molecule has 1 aliphatic heterocycles. The predicted octanol–water partition coefficient (Wildman–Crippen LogP) is 1.64. The lowest BCUT2D eigenvalue weighted by molar-refractivity contribution is -0.123. The molecule has 1 aliphatic rings. The molecular weight excluding hydrogens is 254 g/mol. The number of nitrogens with one attached hydrogen (secondary N) is 2. The molecule has 1 unspecified atom stereocenters. The first-order valence-corrected chi connectivity index (χ1v) is 6.75. The highest BCUT2D eigenvalue weighted by Gasteiger charge is 2.44. The Morgan fingerprint density at radius 3 is 2.70 bits per heavy atom. The van der Waals surface area contributed by atoms with E-state index >= 15 is 0 Å². The van der Waals surface area contributed by atoms with Gasteiger partial charge in [0.2, 0.25) is 0 Å². The van der Waals surface area contributed by atoms with E-state index in [2.05, 4.69) is 29.5 Å². The zero-order valence-corrected chi connectivity index (χ0v) is 12.4. The zero-order chi connectivity index (χ0) is 14.8. The number of benzene rings is 1. The van der Waals surface area contributed by atoms with Crippen LogP contribution in [0, 0.1) is 5.92 Å². The Labute approximate surface area is 119 Å². The Morgan fingerprint density at radius 2 is 2.05 bits per heavy atom. The Hall–Kier alpha value is -2.04. The molecular formula is C15H21N3O2. The molecule has 1 atom stereocenters. The van der Waals surface area contributed by atoms with E-state index < -0.39 is 5.54 Å². The summed E-state index contributed by atoms with van der Waals surface area (Å²) in [6.45, 7) is 6.67. The van der Waals surface area contributed by atoms with Gasteiger partial charge in [0.05, 0.1) is 7.11 Å². The lowest BCUT2D eigenvalue weighted by Gasteiger charge is -2.23. The predicted molar refractivity (Wildman–Crippen MR) is 78.8 cm³/mol. The fourth-order valence-corrected chi connectivity index (χ4v) is 2.16. The van der Waals surface area contributed by atoms with E-state index in [4.69, 9.17) is 4.74 Å². The van der Waals surface area contributed by atoms with Crippen molar-refractivity contribution >= 4 is 11.9 Å². The van der Waals surface area contributed by atoms with Crippen LogP contribution >= 0.6 is 0 Å². The molecule has 20 heavy (non-hydrogen) atoms. The van der Waals surface area contributed by atoms with Crippen molar-refractivity contribution in [2.45, 2.75) is 26.3 Å². The average molecular weight is 275 g/mol. The second-order valence-electron chi connectivity index (χ2n) is 5.49. The van der Waals surface area contributed by atoms with E-state index in [9.17, 15) is 4.79 Å². The standard InChI is InChI=1S/C15H21N3O2/c1-10(2)9-16-14-17-13(19)15(3,18-14)11-7-5-6-8-12(11)20-4/h5-8,10H,9H2,1-4H3,(H2,16,17,18,19). The lowest BCUT2D eigenvalue weighted by atomic mass is 9.91. The summed E-state index contributed by atoms with van der Waals surface area (Å²) in [6, 6.07) is 7.50. The molecule has 0 bridgehead atoms. The van der Waals surface area contributed by atoms with Crippen LogP contribution in [0.15, 0.2) is 29.3 Å². The number of ether oxygens (including phenoxy) is 1. The van der Waals surface area contributed by atoms with Gasteiger partial charge in [-0.15, -0.1) is 0 Å². The van der Waals surface area contributed by atoms with Crippen LogP contribution < -0.4 is 15.4 Å². The van der Waals surface area contributed by atoms with Gasteiger partial charge in [0.15, 0.2) is 5.96 Å². The molecule has 1 amide bonds. The van der Waals surface area contributed by atoms with Crippen molar-refractivity contribution < 1.29 is 9.53 Å². The molecule has 1 aromatic carbocycles. The van der Waals surface area contributed by atoms with E-state index in [1.165, 1.54) is 0 Å². The number of hydrogen-bond donors (Lipinski definition) is 2. The van der Waals surface area contributed by atoms with Crippen molar-refractivity contribution in [3.8, 4) is 5.75 Å². The van der Waals surface area contributed by atoms with Crippen LogP contribution in [0.3, 0.4) is 0 Å². The number of hydrogen-bond acceptors (Lipinski definition) is 3. The van der Waals surface area contributed by atoms with Gasteiger partial charge >= 0.3 is 0 Å². The van der Waals surface area contributed by atoms with Crippen LogP contribution in [0.25, 0.3) is 0 Å². The molecule has 1 saturated heterocycles. The van der Waals surface area contributed by atoms with Gasteiger partial charge in [0, 0.05) is 12.1 Å². The van der Waals surface area contributed by atoms with Gasteiger partial charge in [-0.05, 0) is 18.9 Å². The highest BCUT2D eigenvalue weighted by Crippen LogP contribution is 2.31. The summed E-state index contributed by atoms with van der Waals surface area (Å²) < 4.78 is 5.34. The fourth-order valence-electron chi connectivity index (χ4n) is 2.16. The van der Waals surface area contributed by atoms with Gasteiger partial charge in [0.25, 0.3) is 5.91 Å². The summed E-state index contributed by atoms with van der Waals surface area (Å²) >= 11 is 0. The van der Waals surface area contributed by atoms with E-state index in [0.717, 1.165) is 5.56 Å².